The lowest BCUT2D eigenvalue weighted by atomic mass is 9.85. The molecular weight excluding hydrogens is 334 g/mol. The van der Waals surface area contributed by atoms with Gasteiger partial charge in [0.25, 0.3) is 0 Å². The van der Waals surface area contributed by atoms with E-state index >= 15 is 0 Å². The Morgan fingerprint density at radius 3 is 2.81 bits per heavy atom. The van der Waals surface area contributed by atoms with Gasteiger partial charge in [0.05, 0.1) is 11.6 Å². The van der Waals surface area contributed by atoms with Crippen LogP contribution in [0, 0.1) is 0 Å². The molecule has 21 heavy (non-hydrogen) atoms. The van der Waals surface area contributed by atoms with E-state index in [0.717, 1.165) is 42.0 Å². The summed E-state index contributed by atoms with van der Waals surface area (Å²) in [5, 5.41) is 3.45. The highest BCUT2D eigenvalue weighted by molar-refractivity contribution is 9.10. The average molecular weight is 358 g/mol. The van der Waals surface area contributed by atoms with Crippen LogP contribution in [0.25, 0.3) is 0 Å². The minimum absolute atomic E-state index is 0.0631. The van der Waals surface area contributed by atoms with Crippen LogP contribution >= 0.6 is 15.9 Å². The van der Waals surface area contributed by atoms with Crippen molar-refractivity contribution < 1.29 is 14.2 Å². The highest BCUT2D eigenvalue weighted by atomic mass is 79.9. The van der Waals surface area contributed by atoms with Crippen LogP contribution in [0.2, 0.25) is 0 Å². The fourth-order valence-corrected chi connectivity index (χ4v) is 2.99. The maximum absolute atomic E-state index is 6.15. The van der Waals surface area contributed by atoms with Crippen LogP contribution in [0.1, 0.15) is 26.7 Å². The molecule has 1 aromatic carbocycles. The molecule has 0 heterocycles. The highest BCUT2D eigenvalue weighted by Gasteiger charge is 2.43. The van der Waals surface area contributed by atoms with Crippen molar-refractivity contribution in [2.24, 2.45) is 0 Å². The van der Waals surface area contributed by atoms with Gasteiger partial charge < -0.3 is 19.5 Å². The highest BCUT2D eigenvalue weighted by Crippen LogP contribution is 2.39. The zero-order chi connectivity index (χ0) is 15.2. The van der Waals surface area contributed by atoms with Gasteiger partial charge in [0.15, 0.2) is 11.5 Å². The monoisotopic (exact) mass is 357 g/mol. The van der Waals surface area contributed by atoms with E-state index in [9.17, 15) is 0 Å². The predicted octanol–water partition coefficient (Wildman–Crippen LogP) is 3.38. The van der Waals surface area contributed by atoms with Crippen molar-refractivity contribution in [2.75, 3.05) is 20.3 Å². The number of likely N-dealkylation sites (N-methyl/N-ethyl adjacent to an activating group) is 1. The number of benzene rings is 1. The molecule has 4 nitrogen and oxygen atoms in total. The summed E-state index contributed by atoms with van der Waals surface area (Å²) in [6.07, 6.45) is 2.13. The van der Waals surface area contributed by atoms with Gasteiger partial charge >= 0.3 is 0 Å². The van der Waals surface area contributed by atoms with Gasteiger partial charge in [-0.05, 0) is 41.0 Å². The summed E-state index contributed by atoms with van der Waals surface area (Å²) in [4.78, 5) is 0. The van der Waals surface area contributed by atoms with Gasteiger partial charge in [-0.2, -0.15) is 0 Å². The lowest BCUT2D eigenvalue weighted by Gasteiger charge is -2.44. The van der Waals surface area contributed by atoms with Gasteiger partial charge in [-0.1, -0.05) is 19.9 Å². The Morgan fingerprint density at radius 1 is 1.33 bits per heavy atom. The molecule has 0 aromatic heterocycles. The minimum Gasteiger partial charge on any atom is -0.493 e. The SMILES string of the molecule is CCCOC1C(NCC)CC1Oc1c(Br)cccc1OC. The van der Waals surface area contributed by atoms with Gasteiger partial charge in [0, 0.05) is 19.1 Å². The molecule has 0 spiro atoms. The Bertz CT molecular complexity index is 455. The van der Waals surface area contributed by atoms with Crippen LogP contribution in [0.5, 0.6) is 11.5 Å². The van der Waals surface area contributed by atoms with Crippen molar-refractivity contribution in [3.8, 4) is 11.5 Å². The summed E-state index contributed by atoms with van der Waals surface area (Å²) in [5.74, 6) is 1.50. The summed E-state index contributed by atoms with van der Waals surface area (Å²) in [5.41, 5.74) is 0. The smallest absolute Gasteiger partial charge is 0.175 e. The number of hydrogen-bond donors (Lipinski definition) is 1. The molecule has 1 aliphatic rings. The molecule has 3 atom stereocenters. The van der Waals surface area contributed by atoms with E-state index in [1.165, 1.54) is 0 Å². The molecule has 0 saturated heterocycles. The van der Waals surface area contributed by atoms with Gasteiger partial charge in [-0.15, -0.1) is 0 Å². The molecule has 5 heteroatoms. The molecule has 2 rings (SSSR count). The van der Waals surface area contributed by atoms with Gasteiger partial charge in [0.1, 0.15) is 12.2 Å². The molecule has 3 unspecified atom stereocenters. The molecule has 0 radical (unpaired) electrons. The third-order valence-electron chi connectivity index (χ3n) is 3.65. The van der Waals surface area contributed by atoms with Gasteiger partial charge in [0.2, 0.25) is 0 Å². The summed E-state index contributed by atoms with van der Waals surface area (Å²) in [6.45, 7) is 5.94. The lowest BCUT2D eigenvalue weighted by molar-refractivity contribution is -0.108. The van der Waals surface area contributed by atoms with E-state index in [0.29, 0.717) is 6.04 Å². The molecule has 1 N–H and O–H groups in total. The van der Waals surface area contributed by atoms with E-state index < -0.39 is 0 Å². The maximum atomic E-state index is 6.15. The molecule has 118 valence electrons. The first kappa shape index (κ1) is 16.6. The van der Waals surface area contributed by atoms with Crippen LogP contribution in [0.4, 0.5) is 0 Å². The zero-order valence-corrected chi connectivity index (χ0v) is 14.5. The summed E-state index contributed by atoms with van der Waals surface area (Å²) in [6, 6.07) is 6.17. The van der Waals surface area contributed by atoms with Crippen LogP contribution in [-0.2, 0) is 4.74 Å². The first-order valence-corrected chi connectivity index (χ1v) is 8.34. The van der Waals surface area contributed by atoms with Crippen molar-refractivity contribution in [3.05, 3.63) is 22.7 Å². The van der Waals surface area contributed by atoms with Crippen molar-refractivity contribution in [1.29, 1.82) is 0 Å². The first-order valence-electron chi connectivity index (χ1n) is 7.55. The number of rotatable bonds is 8. The topological polar surface area (TPSA) is 39.7 Å². The fraction of sp³-hybridized carbons (Fsp3) is 0.625. The Morgan fingerprint density at radius 2 is 2.14 bits per heavy atom. The van der Waals surface area contributed by atoms with Crippen LogP contribution in [-0.4, -0.2) is 38.5 Å². The van der Waals surface area contributed by atoms with E-state index in [1.807, 2.05) is 18.2 Å². The molecule has 1 aromatic rings. The average Bonchev–Trinajstić information content (AvgIpc) is 2.47. The van der Waals surface area contributed by atoms with Crippen molar-refractivity contribution in [2.45, 2.75) is 44.9 Å². The summed E-state index contributed by atoms with van der Waals surface area (Å²) < 4.78 is 18.4. The molecule has 1 fully saturated rings. The largest absolute Gasteiger partial charge is 0.493 e. The lowest BCUT2D eigenvalue weighted by Crippen LogP contribution is -2.61. The van der Waals surface area contributed by atoms with E-state index in [2.05, 4.69) is 35.1 Å². The normalized spacial score (nSPS) is 24.5. The third-order valence-corrected chi connectivity index (χ3v) is 4.27. The van der Waals surface area contributed by atoms with Crippen molar-refractivity contribution in [3.63, 3.8) is 0 Å². The molecule has 0 bridgehead atoms. The van der Waals surface area contributed by atoms with E-state index in [4.69, 9.17) is 14.2 Å². The number of hydrogen-bond acceptors (Lipinski definition) is 4. The van der Waals surface area contributed by atoms with Crippen LogP contribution in [0.15, 0.2) is 22.7 Å². The summed E-state index contributed by atoms with van der Waals surface area (Å²) >= 11 is 3.53. The van der Waals surface area contributed by atoms with Crippen LogP contribution < -0.4 is 14.8 Å². The Kier molecular flexibility index (Phi) is 6.33. The van der Waals surface area contributed by atoms with Gasteiger partial charge in [-0.25, -0.2) is 0 Å². The Balaban J connectivity index is 2.05. The molecule has 1 saturated carbocycles. The standard InChI is InChI=1S/C16H24BrNO3/c1-4-9-20-16-12(18-5-2)10-14(16)21-15-11(17)7-6-8-13(15)19-3/h6-8,12,14,16,18H,4-5,9-10H2,1-3H3. The van der Waals surface area contributed by atoms with Crippen molar-refractivity contribution >= 4 is 15.9 Å². The van der Waals surface area contributed by atoms with E-state index in [1.54, 1.807) is 7.11 Å². The number of methoxy groups -OCH3 is 1. The van der Waals surface area contributed by atoms with Crippen LogP contribution in [0.3, 0.4) is 0 Å². The third kappa shape index (κ3) is 3.90. The van der Waals surface area contributed by atoms with Gasteiger partial charge in [-0.3, -0.25) is 0 Å². The van der Waals surface area contributed by atoms with E-state index in [-0.39, 0.29) is 12.2 Å². The summed E-state index contributed by atoms with van der Waals surface area (Å²) in [7, 11) is 1.65. The number of nitrogens with one attached hydrogen (secondary N) is 1. The quantitative estimate of drug-likeness (QED) is 0.773. The maximum Gasteiger partial charge on any atom is 0.175 e. The zero-order valence-electron chi connectivity index (χ0n) is 12.9. The number of halogens is 1. The Labute approximate surface area is 135 Å². The fourth-order valence-electron chi connectivity index (χ4n) is 2.55. The first-order chi connectivity index (χ1) is 10.2. The predicted molar refractivity (Wildman–Crippen MR) is 87.2 cm³/mol. The molecule has 0 aliphatic heterocycles. The van der Waals surface area contributed by atoms with Crippen molar-refractivity contribution in [1.82, 2.24) is 5.32 Å². The number of ether oxygens (including phenoxy) is 3. The molecule has 0 amide bonds. The Hall–Kier alpha value is -0.780. The molecule has 1 aliphatic carbocycles. The second kappa shape index (κ2) is 8.01. The second-order valence-electron chi connectivity index (χ2n) is 5.16. The number of para-hydroxylation sites is 1. The molecular formula is C16H24BrNO3. The minimum atomic E-state index is 0.0631. The second-order valence-corrected chi connectivity index (χ2v) is 6.02.